The maximum Gasteiger partial charge on any atom is 0.343 e. The number of Topliss-reactive ketones (excluding diaryl/α,β-unsaturated/α-hetero) is 1. The van der Waals surface area contributed by atoms with Crippen LogP contribution in [0.1, 0.15) is 109 Å². The van der Waals surface area contributed by atoms with Gasteiger partial charge in [0.1, 0.15) is 35.6 Å². The third-order valence-electron chi connectivity index (χ3n) is 13.0. The van der Waals surface area contributed by atoms with Gasteiger partial charge in [-0.15, -0.1) is 0 Å². The lowest BCUT2D eigenvalue weighted by Gasteiger charge is -2.48. The average molecular weight is 876 g/mol. The summed E-state index contributed by atoms with van der Waals surface area (Å²) in [6.45, 7) is 19.4. The molecule has 61 heavy (non-hydrogen) atoms. The number of aliphatic hydroxyl groups is 5. The zero-order chi connectivity index (χ0) is 46.5. The molecule has 0 bridgehead atoms. The lowest BCUT2D eigenvalue weighted by atomic mass is 9.77. The molecule has 18 heteroatoms. The summed E-state index contributed by atoms with van der Waals surface area (Å²) in [4.78, 5) is 41.8. The Morgan fingerprint density at radius 3 is 2.15 bits per heavy atom. The van der Waals surface area contributed by atoms with E-state index in [-0.39, 0.29) is 38.0 Å². The number of methoxy groups -OCH3 is 1. The Labute approximate surface area is 361 Å². The molecule has 3 fully saturated rings. The minimum absolute atomic E-state index is 0.00190. The summed E-state index contributed by atoms with van der Waals surface area (Å²) >= 11 is 0. The summed E-state index contributed by atoms with van der Waals surface area (Å²) in [6.07, 6.45) is -9.28. The molecule has 354 valence electrons. The van der Waals surface area contributed by atoms with Crippen molar-refractivity contribution >= 4 is 17.7 Å². The molecule has 0 unspecified atom stereocenters. The molecule has 0 saturated carbocycles. The number of hydrogen-bond donors (Lipinski definition) is 6. The largest absolute Gasteiger partial charge is 0.462 e. The summed E-state index contributed by atoms with van der Waals surface area (Å²) in [5.41, 5.74) is -5.27. The summed E-state index contributed by atoms with van der Waals surface area (Å²) in [7, 11) is 3.09. The molecular formula is C43H77N3O15. The van der Waals surface area contributed by atoms with Crippen LogP contribution in [0.5, 0.6) is 0 Å². The number of nitrogens with zero attached hydrogens (tertiary/aromatic N) is 2. The zero-order valence-electron chi connectivity index (χ0n) is 38.8. The highest BCUT2D eigenvalue weighted by Gasteiger charge is 2.53. The van der Waals surface area contributed by atoms with Gasteiger partial charge >= 0.3 is 11.9 Å². The van der Waals surface area contributed by atoms with Gasteiger partial charge in [0.05, 0.1) is 60.2 Å². The zero-order valence-corrected chi connectivity index (χ0v) is 38.8. The van der Waals surface area contributed by atoms with E-state index >= 15 is 0 Å². The molecule has 0 radical (unpaired) electrons. The highest BCUT2D eigenvalue weighted by atomic mass is 16.7. The van der Waals surface area contributed by atoms with E-state index < -0.39 is 126 Å². The van der Waals surface area contributed by atoms with E-state index in [1.165, 1.54) is 37.1 Å². The van der Waals surface area contributed by atoms with E-state index in [0.29, 0.717) is 6.42 Å². The number of carbonyl (C=O) groups is 3. The molecule has 0 amide bonds. The Hall–Kier alpha value is -2.33. The van der Waals surface area contributed by atoms with Crippen LogP contribution in [-0.4, -0.2) is 171 Å². The van der Waals surface area contributed by atoms with Crippen LogP contribution in [0.2, 0.25) is 0 Å². The van der Waals surface area contributed by atoms with Gasteiger partial charge in [-0.2, -0.15) is 0 Å². The molecule has 3 rings (SSSR count). The van der Waals surface area contributed by atoms with Gasteiger partial charge in [0.15, 0.2) is 18.4 Å². The minimum atomic E-state index is -2.07. The van der Waals surface area contributed by atoms with Gasteiger partial charge in [0.2, 0.25) is 0 Å². The van der Waals surface area contributed by atoms with Crippen LogP contribution in [-0.2, 0) is 47.5 Å². The number of cyclic esters (lactones) is 1. The van der Waals surface area contributed by atoms with Gasteiger partial charge in [-0.3, -0.25) is 15.4 Å². The first-order valence-corrected chi connectivity index (χ1v) is 21.7. The van der Waals surface area contributed by atoms with Crippen molar-refractivity contribution < 1.29 is 73.1 Å². The van der Waals surface area contributed by atoms with Crippen molar-refractivity contribution in [3.05, 3.63) is 11.8 Å². The number of ketones is 1. The van der Waals surface area contributed by atoms with Crippen LogP contribution < -0.4 is 5.84 Å². The number of hydrazine groups is 1. The normalized spacial score (nSPS) is 43.9. The van der Waals surface area contributed by atoms with E-state index in [1.807, 2.05) is 13.8 Å². The Morgan fingerprint density at radius 2 is 1.61 bits per heavy atom. The quantitative estimate of drug-likeness (QED) is 0.0430. The molecule has 3 aliphatic rings. The number of esters is 2. The van der Waals surface area contributed by atoms with Crippen LogP contribution in [0.15, 0.2) is 11.8 Å². The van der Waals surface area contributed by atoms with Gasteiger partial charge in [0.25, 0.3) is 0 Å². The second kappa shape index (κ2) is 21.6. The fourth-order valence-corrected chi connectivity index (χ4v) is 9.27. The molecule has 3 aliphatic heterocycles. The van der Waals surface area contributed by atoms with Crippen molar-refractivity contribution in [1.29, 1.82) is 0 Å². The standard InChI is InChI=1S/C43H77N3O15/c1-15-31-43(12,54)35(49)26(7)46(21-29(27(8)47)39(52)56-16-2)20-22(3)18-41(10,53)37(61-40-33(48)30(45(13)44)17-23(4)57-40)24(5)34(25(6)38(51)59-31)60-32-19-42(11,55-14)36(50)28(9)58-32/h21-26,28,30-37,40,48-50,53-54H,15-20,44H2,1-14H3/b29-21-/t22-,23-,24+,25-,26-,28-,30-,31-,32-,33-,34+,35-,36-,37-,40+,41-,42+,43-/m1/s1. The summed E-state index contributed by atoms with van der Waals surface area (Å²) < 4.78 is 42.7. The van der Waals surface area contributed by atoms with Crippen LogP contribution in [0.4, 0.5) is 0 Å². The lowest BCUT2D eigenvalue weighted by Crippen LogP contribution is -2.61. The number of carbonyl (C=O) groups excluding carboxylic acids is 3. The Balaban J connectivity index is 2.29. The van der Waals surface area contributed by atoms with E-state index in [2.05, 4.69) is 0 Å². The molecule has 18 atom stereocenters. The molecule has 3 saturated heterocycles. The van der Waals surface area contributed by atoms with Crippen LogP contribution in [0.3, 0.4) is 0 Å². The summed E-state index contributed by atoms with van der Waals surface area (Å²) in [5, 5.41) is 60.7. The highest BCUT2D eigenvalue weighted by molar-refractivity contribution is 6.16. The van der Waals surface area contributed by atoms with Crippen LogP contribution in [0.25, 0.3) is 0 Å². The number of hydrogen-bond acceptors (Lipinski definition) is 18. The maximum absolute atomic E-state index is 14.4. The molecule has 0 spiro atoms. The number of rotatable bonds is 11. The molecule has 3 heterocycles. The van der Waals surface area contributed by atoms with Crippen LogP contribution >= 0.6 is 0 Å². The summed E-state index contributed by atoms with van der Waals surface area (Å²) in [5.74, 6) is 1.33. The molecule has 0 aromatic heterocycles. The summed E-state index contributed by atoms with van der Waals surface area (Å²) in [6, 6.07) is -1.58. The number of likely N-dealkylation sites (N-methyl/N-ethyl adjacent to an activating group) is 1. The molecule has 7 N–H and O–H groups in total. The second-order valence-corrected chi connectivity index (χ2v) is 18.4. The maximum atomic E-state index is 14.4. The van der Waals surface area contributed by atoms with Crippen molar-refractivity contribution in [2.24, 2.45) is 23.6 Å². The third kappa shape index (κ3) is 12.5. The molecule has 0 aromatic rings. The van der Waals surface area contributed by atoms with Gasteiger partial charge in [0, 0.05) is 39.2 Å². The monoisotopic (exact) mass is 876 g/mol. The Bertz CT molecular complexity index is 1500. The van der Waals surface area contributed by atoms with Crippen molar-refractivity contribution in [1.82, 2.24) is 9.91 Å². The predicted molar refractivity (Wildman–Crippen MR) is 222 cm³/mol. The third-order valence-corrected chi connectivity index (χ3v) is 13.0. The number of aliphatic hydroxyl groups excluding tert-OH is 3. The predicted octanol–water partition coefficient (Wildman–Crippen LogP) is 1.55. The topological polar surface area (TPSA) is 249 Å². The number of ether oxygens (including phenoxy) is 7. The smallest absolute Gasteiger partial charge is 0.343 e. The van der Waals surface area contributed by atoms with Gasteiger partial charge in [-0.25, -0.2) is 9.80 Å². The first kappa shape index (κ1) is 53.0. The van der Waals surface area contributed by atoms with E-state index in [1.54, 1.807) is 62.4 Å². The Morgan fingerprint density at radius 1 is 0.984 bits per heavy atom. The second-order valence-electron chi connectivity index (χ2n) is 18.4. The van der Waals surface area contributed by atoms with E-state index in [4.69, 9.17) is 39.0 Å². The van der Waals surface area contributed by atoms with E-state index in [0.717, 1.165) is 0 Å². The van der Waals surface area contributed by atoms with Gasteiger partial charge in [-0.1, -0.05) is 20.8 Å². The SMILES string of the molecule is CCOC(=O)/C(=C\N1C[C@H](C)C[C@@](C)(O)[C@H](O[C@@H]2O[C@H](C)C[C@@H](N(C)N)[C@H]2O)[C@@H](C)[C@H](O[C@@H]2C[C@](C)(OC)[C@H](O)[C@@H](C)O2)[C@@H](C)C(=O)O[C@H](CC)[C@@](C)(O)[C@H](O)[C@H]1C)C(C)=O. The fourth-order valence-electron chi connectivity index (χ4n) is 9.27. The van der Waals surface area contributed by atoms with E-state index in [9.17, 15) is 39.9 Å². The minimum Gasteiger partial charge on any atom is -0.462 e. The van der Waals surface area contributed by atoms with Gasteiger partial charge < -0.3 is 63.6 Å². The van der Waals surface area contributed by atoms with Gasteiger partial charge in [-0.05, 0) is 87.5 Å². The lowest BCUT2D eigenvalue weighted by molar-refractivity contribution is -0.318. The average Bonchev–Trinajstić information content (AvgIpc) is 3.17. The molecule has 0 aromatic carbocycles. The fraction of sp³-hybridized carbons (Fsp3) is 0.884. The first-order chi connectivity index (χ1) is 28.2. The molecule has 18 nitrogen and oxygen atoms in total. The number of nitrogens with two attached hydrogens (primary N) is 1. The van der Waals surface area contributed by atoms with Crippen molar-refractivity contribution in [3.63, 3.8) is 0 Å². The van der Waals surface area contributed by atoms with Crippen molar-refractivity contribution in [3.8, 4) is 0 Å². The molecular weight excluding hydrogens is 798 g/mol. The highest BCUT2D eigenvalue weighted by Crippen LogP contribution is 2.40. The Kier molecular flexibility index (Phi) is 18.7. The van der Waals surface area contributed by atoms with Crippen LogP contribution in [0, 0.1) is 17.8 Å². The van der Waals surface area contributed by atoms with Crippen molar-refractivity contribution in [2.75, 3.05) is 27.3 Å². The molecule has 0 aliphatic carbocycles. The first-order valence-electron chi connectivity index (χ1n) is 21.7. The van der Waals surface area contributed by atoms with Crippen molar-refractivity contribution in [2.45, 2.75) is 199 Å².